The summed E-state index contributed by atoms with van der Waals surface area (Å²) >= 11 is 2.63. The summed E-state index contributed by atoms with van der Waals surface area (Å²) in [6.07, 6.45) is 4.17. The number of rotatable bonds is 4. The standard InChI is InChI=1S/C7H16IP/c1-4-6-9(8)7(3)5-2/h7H,4-6H2,1-3H3. The molecule has 0 saturated carbocycles. The molecule has 0 radical (unpaired) electrons. The van der Waals surface area contributed by atoms with Crippen molar-refractivity contribution in [1.82, 2.24) is 0 Å². The van der Waals surface area contributed by atoms with Gasteiger partial charge in [0.15, 0.2) is 0 Å². The van der Waals surface area contributed by atoms with E-state index in [1.165, 1.54) is 19.0 Å². The van der Waals surface area contributed by atoms with Crippen molar-refractivity contribution in [3.63, 3.8) is 0 Å². The smallest absolute Gasteiger partial charge is 0.0150 e. The van der Waals surface area contributed by atoms with Crippen LogP contribution in [0.4, 0.5) is 0 Å². The van der Waals surface area contributed by atoms with Crippen LogP contribution in [-0.2, 0) is 0 Å². The fraction of sp³-hybridized carbons (Fsp3) is 1.00. The summed E-state index contributed by atoms with van der Waals surface area (Å²) in [6.45, 7) is 6.93. The molecule has 9 heavy (non-hydrogen) atoms. The van der Waals surface area contributed by atoms with Gasteiger partial charge in [-0.15, -0.1) is 0 Å². The first-order valence-electron chi connectivity index (χ1n) is 3.64. The molecule has 0 aromatic carbocycles. The van der Waals surface area contributed by atoms with Gasteiger partial charge in [-0.3, -0.25) is 0 Å². The predicted octanol–water partition coefficient (Wildman–Crippen LogP) is 4.03. The van der Waals surface area contributed by atoms with Crippen LogP contribution in [0.3, 0.4) is 0 Å². The van der Waals surface area contributed by atoms with Crippen molar-refractivity contribution in [3.8, 4) is 0 Å². The van der Waals surface area contributed by atoms with E-state index >= 15 is 0 Å². The van der Waals surface area contributed by atoms with Gasteiger partial charge in [0.25, 0.3) is 0 Å². The van der Waals surface area contributed by atoms with Gasteiger partial charge in [0.05, 0.1) is 0 Å². The van der Waals surface area contributed by atoms with Crippen molar-refractivity contribution in [2.45, 2.75) is 39.3 Å². The molecule has 2 heteroatoms. The molecular weight excluding hydrogens is 242 g/mol. The van der Waals surface area contributed by atoms with Gasteiger partial charge >= 0.3 is 0 Å². The first kappa shape index (κ1) is 10.2. The van der Waals surface area contributed by atoms with E-state index in [4.69, 9.17) is 0 Å². The summed E-state index contributed by atoms with van der Waals surface area (Å²) in [6, 6.07) is 0. The molecule has 0 aromatic heterocycles. The van der Waals surface area contributed by atoms with Gasteiger partial charge < -0.3 is 0 Å². The van der Waals surface area contributed by atoms with Gasteiger partial charge in [-0.05, 0) is 23.8 Å². The summed E-state index contributed by atoms with van der Waals surface area (Å²) in [5.41, 5.74) is 1.30. The summed E-state index contributed by atoms with van der Waals surface area (Å²) in [5, 5.41) is 0. The third-order valence-electron chi connectivity index (χ3n) is 1.51. The highest BCUT2D eigenvalue weighted by Gasteiger charge is 2.08. The van der Waals surface area contributed by atoms with Crippen LogP contribution in [0.25, 0.3) is 0 Å². The Kier molecular flexibility index (Phi) is 6.67. The maximum atomic E-state index is 2.63. The second-order valence-corrected chi connectivity index (χ2v) is 8.23. The van der Waals surface area contributed by atoms with Crippen LogP contribution in [0.5, 0.6) is 0 Å². The molecule has 0 aromatic rings. The number of hydrogen-bond donors (Lipinski definition) is 0. The highest BCUT2D eigenvalue weighted by Crippen LogP contribution is 2.51. The lowest BCUT2D eigenvalue weighted by Gasteiger charge is -2.15. The SMILES string of the molecule is CCCP(I)C(C)CC. The molecule has 0 aliphatic carbocycles. The summed E-state index contributed by atoms with van der Waals surface area (Å²) in [5.74, 6) is 0. The van der Waals surface area contributed by atoms with E-state index in [0.717, 1.165) is 5.66 Å². The van der Waals surface area contributed by atoms with Crippen LogP contribution in [0.1, 0.15) is 33.6 Å². The highest BCUT2D eigenvalue weighted by molar-refractivity contribution is 14.2. The van der Waals surface area contributed by atoms with Crippen LogP contribution in [0.15, 0.2) is 0 Å². The summed E-state index contributed by atoms with van der Waals surface area (Å²) < 4.78 is 0. The molecule has 0 saturated heterocycles. The second-order valence-electron chi connectivity index (χ2n) is 2.38. The molecule has 0 heterocycles. The predicted molar refractivity (Wildman–Crippen MR) is 55.9 cm³/mol. The van der Waals surface area contributed by atoms with Crippen molar-refractivity contribution in [2.75, 3.05) is 6.16 Å². The van der Waals surface area contributed by atoms with E-state index in [1.54, 1.807) is 0 Å². The minimum Gasteiger partial charge on any atom is -0.0650 e. The molecule has 2 atom stereocenters. The van der Waals surface area contributed by atoms with Crippen LogP contribution in [0.2, 0.25) is 0 Å². The fourth-order valence-corrected chi connectivity index (χ4v) is 4.53. The van der Waals surface area contributed by atoms with Crippen LogP contribution < -0.4 is 0 Å². The van der Waals surface area contributed by atoms with Gasteiger partial charge in [0, 0.05) is 0 Å². The Labute approximate surface area is 73.0 Å². The molecule has 0 spiro atoms. The molecule has 56 valence electrons. The lowest BCUT2D eigenvalue weighted by molar-refractivity contribution is 0.892. The van der Waals surface area contributed by atoms with Gasteiger partial charge in [-0.25, -0.2) is 0 Å². The normalized spacial score (nSPS) is 17.3. The van der Waals surface area contributed by atoms with Crippen molar-refractivity contribution in [3.05, 3.63) is 0 Å². The molecule has 0 rings (SSSR count). The van der Waals surface area contributed by atoms with E-state index in [9.17, 15) is 0 Å². The quantitative estimate of drug-likeness (QED) is 0.527. The monoisotopic (exact) mass is 258 g/mol. The molecule has 0 bridgehead atoms. The van der Waals surface area contributed by atoms with Gasteiger partial charge in [-0.2, -0.15) is 0 Å². The molecular formula is C7H16IP. The Balaban J connectivity index is 3.32. The number of halogens is 1. The zero-order valence-corrected chi connectivity index (χ0v) is 9.58. The zero-order chi connectivity index (χ0) is 7.28. The molecule has 2 unspecified atom stereocenters. The summed E-state index contributed by atoms with van der Waals surface area (Å²) in [7, 11) is 0. The van der Waals surface area contributed by atoms with E-state index in [2.05, 4.69) is 42.8 Å². The minimum absolute atomic E-state index is 0.328. The minimum atomic E-state index is 0.328. The van der Waals surface area contributed by atoms with Crippen molar-refractivity contribution in [2.24, 2.45) is 0 Å². The Morgan fingerprint density at radius 1 is 1.44 bits per heavy atom. The van der Waals surface area contributed by atoms with Crippen LogP contribution >= 0.6 is 27.6 Å². The first-order valence-corrected chi connectivity index (χ1v) is 8.02. The summed E-state index contributed by atoms with van der Waals surface area (Å²) in [4.78, 5) is 0. The molecule has 0 N–H and O–H groups in total. The highest BCUT2D eigenvalue weighted by atomic mass is 127. The maximum Gasteiger partial charge on any atom is -0.0150 e. The number of hydrogen-bond acceptors (Lipinski definition) is 0. The van der Waals surface area contributed by atoms with Crippen LogP contribution in [-0.4, -0.2) is 11.8 Å². The molecule has 0 aliphatic rings. The van der Waals surface area contributed by atoms with Crippen LogP contribution in [0, 0.1) is 0 Å². The third-order valence-corrected chi connectivity index (χ3v) is 8.00. The molecule has 0 fully saturated rings. The fourth-order valence-electron chi connectivity index (χ4n) is 0.632. The van der Waals surface area contributed by atoms with E-state index in [1.807, 2.05) is 0 Å². The Morgan fingerprint density at radius 3 is 2.33 bits per heavy atom. The molecule has 0 nitrogen and oxygen atoms in total. The average Bonchev–Trinajstić information content (AvgIpc) is 1.87. The topological polar surface area (TPSA) is 0 Å². The lowest BCUT2D eigenvalue weighted by atomic mass is 10.4. The first-order chi connectivity index (χ1) is 4.22. The van der Waals surface area contributed by atoms with Gasteiger partial charge in [0.2, 0.25) is 0 Å². The average molecular weight is 258 g/mol. The van der Waals surface area contributed by atoms with Crippen molar-refractivity contribution in [1.29, 1.82) is 0 Å². The van der Waals surface area contributed by atoms with E-state index < -0.39 is 0 Å². The molecule has 0 aliphatic heterocycles. The molecule has 0 amide bonds. The van der Waals surface area contributed by atoms with E-state index in [0.29, 0.717) is 5.56 Å². The maximum absolute atomic E-state index is 2.63. The van der Waals surface area contributed by atoms with Gasteiger partial charge in [-0.1, -0.05) is 49.2 Å². The Morgan fingerprint density at radius 2 is 2.00 bits per heavy atom. The largest absolute Gasteiger partial charge is 0.0650 e. The zero-order valence-electron chi connectivity index (χ0n) is 6.52. The Hall–Kier alpha value is 1.16. The lowest BCUT2D eigenvalue weighted by Crippen LogP contribution is -1.94. The van der Waals surface area contributed by atoms with Crippen molar-refractivity contribution < 1.29 is 0 Å². The second kappa shape index (κ2) is 5.91. The van der Waals surface area contributed by atoms with Crippen molar-refractivity contribution >= 4 is 27.6 Å². The third kappa shape index (κ3) is 4.55. The Bertz CT molecular complexity index is 65.9. The van der Waals surface area contributed by atoms with Gasteiger partial charge in [0.1, 0.15) is 0 Å². The van der Waals surface area contributed by atoms with E-state index in [-0.39, 0.29) is 0 Å².